The van der Waals surface area contributed by atoms with Crippen molar-refractivity contribution in [3.63, 3.8) is 0 Å². The molecule has 1 heterocycles. The smallest absolute Gasteiger partial charge is 0.297 e. The third kappa shape index (κ3) is 11.3. The van der Waals surface area contributed by atoms with Gasteiger partial charge in [0.1, 0.15) is 27.9 Å². The first-order valence-corrected chi connectivity index (χ1v) is 21.4. The molecule has 0 aliphatic rings. The van der Waals surface area contributed by atoms with Crippen LogP contribution in [0.2, 0.25) is 0 Å². The van der Waals surface area contributed by atoms with Gasteiger partial charge in [0, 0.05) is 30.3 Å². The van der Waals surface area contributed by atoms with Crippen LogP contribution in [0.25, 0.3) is 21.5 Å². The van der Waals surface area contributed by atoms with Crippen molar-refractivity contribution < 1.29 is 45.7 Å². The number of anilines is 2. The van der Waals surface area contributed by atoms with E-state index in [0.717, 1.165) is 17.7 Å². The molecule has 5 aromatic carbocycles. The number of hydrogen-bond donors (Lipinski definition) is 4. The molecule has 0 radical (unpaired) electrons. The Kier molecular flexibility index (Phi) is 17.0. The summed E-state index contributed by atoms with van der Waals surface area (Å²) in [6.07, 6.45) is 0.459. The molecule has 304 valence electrons. The fraction of sp³-hybridized carbons (Fsp3) is 0.231. The molecule has 57 heavy (non-hydrogen) atoms. The average Bonchev–Trinajstić information content (AvgIpc) is 3.20. The molecular formula is C39H45N5O10S3. The van der Waals surface area contributed by atoms with E-state index in [0.29, 0.717) is 41.2 Å². The van der Waals surface area contributed by atoms with E-state index in [-0.39, 0.29) is 38.1 Å². The Balaban J connectivity index is 0.00000138. The van der Waals surface area contributed by atoms with Gasteiger partial charge in [-0.1, -0.05) is 107 Å². The second kappa shape index (κ2) is 20.9. The minimum atomic E-state index is -4.83. The number of phenols is 1. The number of nitrogens with zero attached hydrogens (tertiary/aromatic N) is 5. The molecule has 4 N–H and O–H groups in total. The maximum atomic E-state index is 12.5. The van der Waals surface area contributed by atoms with Crippen LogP contribution in [-0.2, 0) is 36.0 Å². The molecule has 0 bridgehead atoms. The van der Waals surface area contributed by atoms with Crippen LogP contribution in [0.15, 0.2) is 116 Å². The SMILES string of the molecule is CC.CC.CC.Cc1nc(Cc2ccccc2)cc(N(C)c2cc(S(=O)(=O)O)cc3cc(SOOO)c(N=Nc4ccc5ccccc5c4S(=O)(=O)O)c(O)c23)n1. The zero-order valence-corrected chi connectivity index (χ0v) is 35.0. The summed E-state index contributed by atoms with van der Waals surface area (Å²) >= 11 is 0.352. The van der Waals surface area contributed by atoms with Crippen molar-refractivity contribution >= 4 is 76.7 Å². The van der Waals surface area contributed by atoms with E-state index >= 15 is 0 Å². The Bertz CT molecular complexity index is 2560. The summed E-state index contributed by atoms with van der Waals surface area (Å²) in [6.45, 7) is 13.7. The van der Waals surface area contributed by atoms with Crippen molar-refractivity contribution in [3.8, 4) is 5.75 Å². The summed E-state index contributed by atoms with van der Waals surface area (Å²) in [6, 6.07) is 24.1. The molecule has 0 spiro atoms. The number of aryl methyl sites for hydroxylation is 1. The van der Waals surface area contributed by atoms with Crippen molar-refractivity contribution in [2.75, 3.05) is 11.9 Å². The number of azo groups is 1. The highest BCUT2D eigenvalue weighted by Crippen LogP contribution is 2.49. The van der Waals surface area contributed by atoms with Crippen molar-refractivity contribution in [2.45, 2.75) is 69.6 Å². The topological polar surface area (TPSA) is 221 Å². The van der Waals surface area contributed by atoms with Gasteiger partial charge in [0.15, 0.2) is 5.75 Å². The number of fused-ring (bicyclic) bond motifs is 2. The second-order valence-electron chi connectivity index (χ2n) is 11.1. The maximum Gasteiger partial charge on any atom is 0.297 e. The van der Waals surface area contributed by atoms with Crippen molar-refractivity contribution in [3.05, 3.63) is 108 Å². The van der Waals surface area contributed by atoms with Gasteiger partial charge in [-0.15, -0.1) is 14.6 Å². The molecule has 0 unspecified atom stereocenters. The second-order valence-corrected chi connectivity index (χ2v) is 14.6. The summed E-state index contributed by atoms with van der Waals surface area (Å²) in [5.74, 6) is 0.131. The number of phenolic OH excluding ortho intramolecular Hbond substituents is 1. The van der Waals surface area contributed by atoms with E-state index < -0.39 is 35.8 Å². The van der Waals surface area contributed by atoms with Crippen LogP contribution in [0.5, 0.6) is 5.75 Å². The van der Waals surface area contributed by atoms with Gasteiger partial charge in [0.05, 0.1) is 33.2 Å². The standard InChI is InChI=1S/C33H27N5O10S3.3C2H6/c1-19-34-23(14-20-8-4-3-5-9-20)17-29(35-19)38(2)27-18-24(50(41,42)43)15-22-16-28(49-48-47-40)31(32(39)30(22)27)37-36-26-13-12-21-10-6-7-11-25(21)33(26)51(44,45)46;3*1-2/h3-13,15-18,39-40H,14H2,1-2H3,(H,41,42,43)(H,44,45,46);3*1-2H3. The highest BCUT2D eigenvalue weighted by Gasteiger charge is 2.25. The Morgan fingerprint density at radius 1 is 0.772 bits per heavy atom. The number of rotatable bonds is 11. The maximum absolute atomic E-state index is 12.5. The lowest BCUT2D eigenvalue weighted by Crippen LogP contribution is -2.15. The molecule has 0 atom stereocenters. The van der Waals surface area contributed by atoms with Gasteiger partial charge in [0.2, 0.25) is 0 Å². The average molecular weight is 840 g/mol. The Morgan fingerprint density at radius 3 is 2.05 bits per heavy atom. The summed E-state index contributed by atoms with van der Waals surface area (Å²) in [7, 11) is -8.05. The van der Waals surface area contributed by atoms with E-state index in [2.05, 4.69) is 29.6 Å². The number of aromatic hydroxyl groups is 1. The van der Waals surface area contributed by atoms with Gasteiger partial charge < -0.3 is 10.0 Å². The minimum Gasteiger partial charge on any atom is -0.505 e. The van der Waals surface area contributed by atoms with Crippen molar-refractivity contribution in [1.29, 1.82) is 0 Å². The molecule has 18 heteroatoms. The lowest BCUT2D eigenvalue weighted by molar-refractivity contribution is -0.432. The van der Waals surface area contributed by atoms with Crippen LogP contribution >= 0.6 is 12.0 Å². The normalized spacial score (nSPS) is 11.3. The first-order chi connectivity index (χ1) is 27.2. The Morgan fingerprint density at radius 2 is 1.42 bits per heavy atom. The van der Waals surface area contributed by atoms with E-state index in [1.807, 2.05) is 71.9 Å². The quantitative estimate of drug-likeness (QED) is 0.0313. The lowest BCUT2D eigenvalue weighted by Gasteiger charge is -2.23. The first-order valence-electron chi connectivity index (χ1n) is 17.7. The van der Waals surface area contributed by atoms with Gasteiger partial charge in [0.25, 0.3) is 20.2 Å². The van der Waals surface area contributed by atoms with Crippen LogP contribution in [0.3, 0.4) is 0 Å². The lowest BCUT2D eigenvalue weighted by atomic mass is 10.1. The van der Waals surface area contributed by atoms with E-state index in [9.17, 15) is 31.0 Å². The summed E-state index contributed by atoms with van der Waals surface area (Å²) in [5.41, 5.74) is 1.09. The van der Waals surface area contributed by atoms with E-state index in [1.54, 1.807) is 44.3 Å². The van der Waals surface area contributed by atoms with Crippen LogP contribution in [0, 0.1) is 6.92 Å². The van der Waals surface area contributed by atoms with E-state index in [1.165, 1.54) is 23.1 Å². The predicted octanol–water partition coefficient (Wildman–Crippen LogP) is 10.6. The molecular weight excluding hydrogens is 795 g/mol. The Labute approximate surface area is 336 Å². The van der Waals surface area contributed by atoms with Gasteiger partial charge in [-0.25, -0.2) is 15.2 Å². The van der Waals surface area contributed by atoms with Crippen LogP contribution in [0.1, 0.15) is 58.6 Å². The van der Waals surface area contributed by atoms with Crippen molar-refractivity contribution in [1.82, 2.24) is 9.97 Å². The fourth-order valence-corrected chi connectivity index (χ4v) is 7.42. The van der Waals surface area contributed by atoms with Gasteiger partial charge in [-0.3, -0.25) is 9.11 Å². The molecule has 0 amide bonds. The van der Waals surface area contributed by atoms with Gasteiger partial charge in [-0.2, -0.15) is 16.8 Å². The number of hydrogen-bond acceptors (Lipinski definition) is 14. The van der Waals surface area contributed by atoms with Crippen LogP contribution in [0.4, 0.5) is 22.9 Å². The molecule has 0 saturated heterocycles. The molecule has 15 nitrogen and oxygen atoms in total. The molecule has 1 aromatic heterocycles. The van der Waals surface area contributed by atoms with Crippen LogP contribution < -0.4 is 4.90 Å². The third-order valence-electron chi connectivity index (χ3n) is 7.74. The summed E-state index contributed by atoms with van der Waals surface area (Å²) < 4.78 is 74.7. The third-order valence-corrected chi connectivity index (χ3v) is 10.1. The minimum absolute atomic E-state index is 0.0162. The number of benzene rings is 5. The molecule has 6 aromatic rings. The Hall–Kier alpha value is -5.05. The molecule has 0 aliphatic heterocycles. The highest BCUT2D eigenvalue weighted by atomic mass is 32.2. The van der Waals surface area contributed by atoms with E-state index in [4.69, 9.17) is 5.26 Å². The highest BCUT2D eigenvalue weighted by molar-refractivity contribution is 7.94. The van der Waals surface area contributed by atoms with Gasteiger partial charge >= 0.3 is 0 Å². The first kappa shape index (κ1) is 46.3. The number of aromatic nitrogens is 2. The molecule has 6 rings (SSSR count). The fourth-order valence-electron chi connectivity index (χ4n) is 5.55. The largest absolute Gasteiger partial charge is 0.505 e. The van der Waals surface area contributed by atoms with Crippen molar-refractivity contribution in [2.24, 2.45) is 10.2 Å². The molecule has 0 saturated carbocycles. The van der Waals surface area contributed by atoms with Gasteiger partial charge in [-0.05, 0) is 47.5 Å². The molecule has 0 aliphatic carbocycles. The zero-order valence-electron chi connectivity index (χ0n) is 32.6. The molecule has 0 fully saturated rings. The zero-order chi connectivity index (χ0) is 42.5. The van der Waals surface area contributed by atoms with Crippen LogP contribution in [-0.4, -0.2) is 53.3 Å². The monoisotopic (exact) mass is 839 g/mol. The summed E-state index contributed by atoms with van der Waals surface area (Å²) in [5, 5.41) is 33.4. The summed E-state index contributed by atoms with van der Waals surface area (Å²) in [4.78, 5) is 9.40. The predicted molar refractivity (Wildman–Crippen MR) is 222 cm³/mol.